The highest BCUT2D eigenvalue weighted by Gasteiger charge is 2.11. The number of nitrogens with one attached hydrogen (secondary N) is 1. The summed E-state index contributed by atoms with van der Waals surface area (Å²) in [4.78, 5) is 0. The zero-order valence-corrected chi connectivity index (χ0v) is 15.0. The summed E-state index contributed by atoms with van der Waals surface area (Å²) < 4.78 is 12.0. The van der Waals surface area contributed by atoms with E-state index in [1.165, 1.54) is 6.42 Å². The molecule has 0 aliphatic heterocycles. The molecule has 21 heavy (non-hydrogen) atoms. The van der Waals surface area contributed by atoms with Crippen molar-refractivity contribution in [1.29, 1.82) is 0 Å². The number of hydrogen-bond acceptors (Lipinski definition) is 3. The lowest BCUT2D eigenvalue weighted by molar-refractivity contribution is 0.194. The maximum atomic E-state index is 5.83. The standard InChI is InChI=1S/C17H28BrNO2/c1-14(2)12-15(13-19-9-11-20-3)8-10-21-17-6-4-16(18)5-7-17/h4-7,14-15,19H,8-13H2,1-3H3. The third-order valence-electron chi connectivity index (χ3n) is 3.33. The maximum absolute atomic E-state index is 5.83. The third-order valence-corrected chi connectivity index (χ3v) is 3.86. The molecule has 1 atom stereocenters. The first-order valence-corrected chi connectivity index (χ1v) is 8.49. The summed E-state index contributed by atoms with van der Waals surface area (Å²) in [6, 6.07) is 8.01. The minimum absolute atomic E-state index is 0.650. The Hall–Kier alpha value is -0.580. The van der Waals surface area contributed by atoms with Gasteiger partial charge in [0.1, 0.15) is 5.75 Å². The lowest BCUT2D eigenvalue weighted by Gasteiger charge is -2.20. The van der Waals surface area contributed by atoms with Crippen molar-refractivity contribution in [1.82, 2.24) is 5.32 Å². The van der Waals surface area contributed by atoms with E-state index in [4.69, 9.17) is 9.47 Å². The Morgan fingerprint density at radius 3 is 2.48 bits per heavy atom. The van der Waals surface area contributed by atoms with Crippen LogP contribution in [0.5, 0.6) is 5.75 Å². The Balaban J connectivity index is 2.29. The Labute approximate surface area is 137 Å². The second kappa shape index (κ2) is 11.0. The van der Waals surface area contributed by atoms with Gasteiger partial charge in [-0.2, -0.15) is 0 Å². The molecule has 1 N–H and O–H groups in total. The number of hydrogen-bond donors (Lipinski definition) is 1. The summed E-state index contributed by atoms with van der Waals surface area (Å²) in [5.41, 5.74) is 0. The van der Waals surface area contributed by atoms with Crippen molar-refractivity contribution >= 4 is 15.9 Å². The van der Waals surface area contributed by atoms with E-state index in [0.717, 1.165) is 42.9 Å². The summed E-state index contributed by atoms with van der Waals surface area (Å²) in [6.07, 6.45) is 2.30. The van der Waals surface area contributed by atoms with E-state index in [2.05, 4.69) is 35.1 Å². The van der Waals surface area contributed by atoms with Crippen molar-refractivity contribution in [2.24, 2.45) is 11.8 Å². The van der Waals surface area contributed by atoms with Gasteiger partial charge >= 0.3 is 0 Å². The molecule has 0 aromatic heterocycles. The molecule has 0 aliphatic carbocycles. The van der Waals surface area contributed by atoms with Gasteiger partial charge in [-0.25, -0.2) is 0 Å². The van der Waals surface area contributed by atoms with Gasteiger partial charge in [0.15, 0.2) is 0 Å². The fraction of sp³-hybridized carbons (Fsp3) is 0.647. The SMILES string of the molecule is COCCNCC(CCOc1ccc(Br)cc1)CC(C)C. The number of methoxy groups -OCH3 is 1. The Bertz CT molecular complexity index is 368. The zero-order valence-electron chi connectivity index (χ0n) is 13.4. The molecule has 0 amide bonds. The van der Waals surface area contributed by atoms with Crippen LogP contribution < -0.4 is 10.1 Å². The topological polar surface area (TPSA) is 30.5 Å². The Kier molecular flexibility index (Phi) is 9.72. The zero-order chi connectivity index (χ0) is 15.5. The van der Waals surface area contributed by atoms with Gasteiger partial charge in [-0.15, -0.1) is 0 Å². The van der Waals surface area contributed by atoms with Crippen molar-refractivity contribution in [3.8, 4) is 5.75 Å². The first-order chi connectivity index (χ1) is 10.1. The van der Waals surface area contributed by atoms with Gasteiger partial charge < -0.3 is 14.8 Å². The molecular weight excluding hydrogens is 330 g/mol. The predicted molar refractivity (Wildman–Crippen MR) is 91.9 cm³/mol. The summed E-state index contributed by atoms with van der Waals surface area (Å²) in [5.74, 6) is 2.30. The lowest BCUT2D eigenvalue weighted by atomic mass is 9.94. The molecule has 0 saturated heterocycles. The van der Waals surface area contributed by atoms with Crippen LogP contribution in [0.1, 0.15) is 26.7 Å². The largest absolute Gasteiger partial charge is 0.494 e. The molecule has 0 heterocycles. The maximum Gasteiger partial charge on any atom is 0.119 e. The van der Waals surface area contributed by atoms with Gasteiger partial charge in [-0.1, -0.05) is 29.8 Å². The highest BCUT2D eigenvalue weighted by molar-refractivity contribution is 9.10. The smallest absolute Gasteiger partial charge is 0.119 e. The summed E-state index contributed by atoms with van der Waals surface area (Å²) in [6.45, 7) is 8.04. The van der Waals surface area contributed by atoms with Gasteiger partial charge in [0.2, 0.25) is 0 Å². The van der Waals surface area contributed by atoms with Crippen LogP contribution in [0, 0.1) is 11.8 Å². The van der Waals surface area contributed by atoms with Crippen LogP contribution >= 0.6 is 15.9 Å². The lowest BCUT2D eigenvalue weighted by Crippen LogP contribution is -2.28. The average molecular weight is 358 g/mol. The molecule has 1 rings (SSSR count). The summed E-state index contributed by atoms with van der Waals surface area (Å²) in [5, 5.41) is 3.46. The molecule has 1 aromatic carbocycles. The molecule has 0 aliphatic rings. The third kappa shape index (κ3) is 9.12. The molecule has 0 spiro atoms. The average Bonchev–Trinajstić information content (AvgIpc) is 2.45. The first-order valence-electron chi connectivity index (χ1n) is 7.69. The van der Waals surface area contributed by atoms with Gasteiger partial charge in [-0.3, -0.25) is 0 Å². The minimum Gasteiger partial charge on any atom is -0.494 e. The summed E-state index contributed by atoms with van der Waals surface area (Å²) >= 11 is 3.43. The van der Waals surface area contributed by atoms with E-state index in [0.29, 0.717) is 11.8 Å². The minimum atomic E-state index is 0.650. The highest BCUT2D eigenvalue weighted by atomic mass is 79.9. The molecule has 120 valence electrons. The first kappa shape index (κ1) is 18.5. The fourth-order valence-corrected chi connectivity index (χ4v) is 2.59. The van der Waals surface area contributed by atoms with E-state index >= 15 is 0 Å². The molecule has 0 saturated carbocycles. The van der Waals surface area contributed by atoms with E-state index in [1.807, 2.05) is 24.3 Å². The van der Waals surface area contributed by atoms with Gasteiger partial charge in [-0.05, 0) is 55.5 Å². The van der Waals surface area contributed by atoms with Crippen LogP contribution in [-0.2, 0) is 4.74 Å². The monoisotopic (exact) mass is 357 g/mol. The van der Waals surface area contributed by atoms with Crippen molar-refractivity contribution in [2.75, 3.05) is 33.4 Å². The quantitative estimate of drug-likeness (QED) is 0.604. The number of benzene rings is 1. The van der Waals surface area contributed by atoms with Crippen LogP contribution in [0.2, 0.25) is 0 Å². The molecule has 1 unspecified atom stereocenters. The van der Waals surface area contributed by atoms with E-state index in [9.17, 15) is 0 Å². The predicted octanol–water partition coefficient (Wildman–Crippen LogP) is 4.12. The Morgan fingerprint density at radius 2 is 1.86 bits per heavy atom. The van der Waals surface area contributed by atoms with Crippen molar-refractivity contribution < 1.29 is 9.47 Å². The molecule has 0 radical (unpaired) electrons. The Morgan fingerprint density at radius 1 is 1.14 bits per heavy atom. The van der Waals surface area contributed by atoms with Crippen LogP contribution in [0.15, 0.2) is 28.7 Å². The molecule has 1 aromatic rings. The van der Waals surface area contributed by atoms with E-state index < -0.39 is 0 Å². The molecule has 0 fully saturated rings. The second-order valence-electron chi connectivity index (χ2n) is 5.78. The van der Waals surface area contributed by atoms with Gasteiger partial charge in [0.25, 0.3) is 0 Å². The van der Waals surface area contributed by atoms with Crippen molar-refractivity contribution in [3.63, 3.8) is 0 Å². The molecule has 3 nitrogen and oxygen atoms in total. The number of rotatable bonds is 11. The van der Waals surface area contributed by atoms with Crippen LogP contribution in [0.3, 0.4) is 0 Å². The number of ether oxygens (including phenoxy) is 2. The normalized spacial score (nSPS) is 12.6. The number of halogens is 1. The van der Waals surface area contributed by atoms with Gasteiger partial charge in [0.05, 0.1) is 13.2 Å². The van der Waals surface area contributed by atoms with Crippen LogP contribution in [-0.4, -0.2) is 33.4 Å². The van der Waals surface area contributed by atoms with E-state index in [-0.39, 0.29) is 0 Å². The van der Waals surface area contributed by atoms with Crippen molar-refractivity contribution in [3.05, 3.63) is 28.7 Å². The van der Waals surface area contributed by atoms with Crippen LogP contribution in [0.4, 0.5) is 0 Å². The van der Waals surface area contributed by atoms with Crippen LogP contribution in [0.25, 0.3) is 0 Å². The molecule has 0 bridgehead atoms. The summed E-state index contributed by atoms with van der Waals surface area (Å²) in [7, 11) is 1.74. The second-order valence-corrected chi connectivity index (χ2v) is 6.70. The highest BCUT2D eigenvalue weighted by Crippen LogP contribution is 2.18. The van der Waals surface area contributed by atoms with Gasteiger partial charge in [0, 0.05) is 18.1 Å². The van der Waals surface area contributed by atoms with E-state index in [1.54, 1.807) is 7.11 Å². The van der Waals surface area contributed by atoms with Crippen molar-refractivity contribution in [2.45, 2.75) is 26.7 Å². The molecule has 4 heteroatoms. The molecular formula is C17H28BrNO2. The fourth-order valence-electron chi connectivity index (χ4n) is 2.32.